The molecule has 1 saturated heterocycles. The molecule has 0 aliphatic carbocycles. The lowest BCUT2D eigenvalue weighted by molar-refractivity contribution is -0.305. The topological polar surface area (TPSA) is 135 Å². The molecule has 6 atom stereocenters. The molecule has 1 rings (SSSR count). The Morgan fingerprint density at radius 3 is 1.28 bits per heavy atom. The first-order valence-corrected chi connectivity index (χ1v) is 27.0. The summed E-state index contributed by atoms with van der Waals surface area (Å²) in [5, 5.41) is 40.3. The third kappa shape index (κ3) is 38.7. The maximum absolute atomic E-state index is 12.9. The van der Waals surface area contributed by atoms with Gasteiger partial charge in [0.25, 0.3) is 0 Å². The minimum absolute atomic E-state index is 0.127. The normalized spacial score (nSPS) is 20.0. The molecule has 0 bridgehead atoms. The van der Waals surface area contributed by atoms with Crippen LogP contribution in [0.3, 0.4) is 0 Å². The number of ether oxygens (including phenoxy) is 4. The van der Waals surface area contributed by atoms with E-state index in [-0.39, 0.29) is 25.6 Å². The summed E-state index contributed by atoms with van der Waals surface area (Å²) in [6, 6.07) is 0. The van der Waals surface area contributed by atoms with Crippen molar-refractivity contribution in [3.63, 3.8) is 0 Å². The summed E-state index contributed by atoms with van der Waals surface area (Å²) in [5.41, 5.74) is 0. The number of rotatable bonds is 45. The third-order valence-corrected chi connectivity index (χ3v) is 11.7. The fourth-order valence-electron chi connectivity index (χ4n) is 7.57. The Morgan fingerprint density at radius 1 is 0.471 bits per heavy atom. The molecule has 68 heavy (non-hydrogen) atoms. The van der Waals surface area contributed by atoms with Gasteiger partial charge in [-0.3, -0.25) is 4.79 Å². The highest BCUT2D eigenvalue weighted by atomic mass is 16.7. The Hall–Kier alpha value is -3.15. The van der Waals surface area contributed by atoms with E-state index in [1.54, 1.807) is 0 Å². The highest BCUT2D eigenvalue weighted by Gasteiger charge is 2.44. The van der Waals surface area contributed by atoms with Crippen molar-refractivity contribution in [2.75, 3.05) is 26.4 Å². The Balaban J connectivity index is 2.21. The van der Waals surface area contributed by atoms with Gasteiger partial charge in [0.1, 0.15) is 30.5 Å². The fourth-order valence-corrected chi connectivity index (χ4v) is 7.57. The molecular formula is C59H98O9. The third-order valence-electron chi connectivity index (χ3n) is 11.7. The first-order valence-electron chi connectivity index (χ1n) is 27.0. The van der Waals surface area contributed by atoms with Gasteiger partial charge in [-0.15, -0.1) is 0 Å². The molecule has 0 aromatic carbocycles. The number of aliphatic hydroxyl groups excluding tert-OH is 4. The average Bonchev–Trinajstić information content (AvgIpc) is 3.34. The smallest absolute Gasteiger partial charge is 0.306 e. The second-order valence-electron chi connectivity index (χ2n) is 17.9. The van der Waals surface area contributed by atoms with E-state index in [0.717, 1.165) is 109 Å². The van der Waals surface area contributed by atoms with E-state index in [2.05, 4.69) is 123 Å². The first-order chi connectivity index (χ1) is 33.4. The summed E-state index contributed by atoms with van der Waals surface area (Å²) in [7, 11) is 0. The summed E-state index contributed by atoms with van der Waals surface area (Å²) < 4.78 is 22.9. The number of carbonyl (C=O) groups is 1. The predicted molar refractivity (Wildman–Crippen MR) is 283 cm³/mol. The van der Waals surface area contributed by atoms with Gasteiger partial charge in [-0.05, 0) is 96.3 Å². The van der Waals surface area contributed by atoms with Crippen LogP contribution in [-0.2, 0) is 23.7 Å². The van der Waals surface area contributed by atoms with Crippen molar-refractivity contribution < 1.29 is 44.2 Å². The monoisotopic (exact) mass is 951 g/mol. The maximum atomic E-state index is 12.9. The first kappa shape index (κ1) is 62.9. The Kier molecular flexibility index (Phi) is 45.2. The van der Waals surface area contributed by atoms with Gasteiger partial charge in [0.05, 0.1) is 19.8 Å². The maximum Gasteiger partial charge on any atom is 0.306 e. The van der Waals surface area contributed by atoms with Gasteiger partial charge in [0.15, 0.2) is 6.29 Å². The highest BCUT2D eigenvalue weighted by molar-refractivity contribution is 5.69. The number of esters is 1. The predicted octanol–water partition coefficient (Wildman–Crippen LogP) is 13.7. The molecule has 1 aliphatic rings. The van der Waals surface area contributed by atoms with Crippen LogP contribution in [0.2, 0.25) is 0 Å². The van der Waals surface area contributed by atoms with E-state index in [1.807, 2.05) is 0 Å². The molecule has 6 unspecified atom stereocenters. The lowest BCUT2D eigenvalue weighted by Crippen LogP contribution is -2.59. The van der Waals surface area contributed by atoms with Gasteiger partial charge in [0.2, 0.25) is 0 Å². The van der Waals surface area contributed by atoms with Crippen molar-refractivity contribution in [3.8, 4) is 0 Å². The standard InChI is InChI=1S/C59H98O9/c1-3-5-7-9-11-13-15-17-19-21-23-25-26-27-29-31-33-35-37-39-41-43-45-47-49-65-51-53(52-66-59-58(64)57(63)56(62)54(50-60)68-59)67-55(61)48-46-44-42-40-38-36-34-32-30-28-24-22-20-18-16-14-12-10-8-6-4-2/h5-8,11-14,17-20,23-25,28,32,34,53-54,56-60,62-64H,3-4,9-10,15-16,21-22,26-27,29-31,33,35-52H2,1-2H3/b7-5-,8-6-,13-11-,14-12-,19-17-,20-18-,25-23-,28-24-,34-32-. The van der Waals surface area contributed by atoms with Gasteiger partial charge in [-0.2, -0.15) is 0 Å². The van der Waals surface area contributed by atoms with Gasteiger partial charge in [-0.1, -0.05) is 200 Å². The molecular weight excluding hydrogens is 853 g/mol. The van der Waals surface area contributed by atoms with Crippen LogP contribution < -0.4 is 0 Å². The molecule has 0 radical (unpaired) electrons. The molecule has 0 saturated carbocycles. The number of hydrogen-bond acceptors (Lipinski definition) is 9. The Labute approximate surface area is 414 Å². The van der Waals surface area contributed by atoms with Crippen molar-refractivity contribution in [3.05, 3.63) is 109 Å². The lowest BCUT2D eigenvalue weighted by atomic mass is 9.99. The summed E-state index contributed by atoms with van der Waals surface area (Å²) >= 11 is 0. The van der Waals surface area contributed by atoms with Gasteiger partial charge in [0, 0.05) is 13.0 Å². The van der Waals surface area contributed by atoms with Crippen molar-refractivity contribution in [1.29, 1.82) is 0 Å². The van der Waals surface area contributed by atoms with Gasteiger partial charge in [-0.25, -0.2) is 0 Å². The van der Waals surface area contributed by atoms with E-state index in [1.165, 1.54) is 64.2 Å². The molecule has 1 heterocycles. The summed E-state index contributed by atoms with van der Waals surface area (Å²) in [6.07, 6.45) is 62.6. The second kappa shape index (κ2) is 48.9. The van der Waals surface area contributed by atoms with Crippen LogP contribution in [0.5, 0.6) is 0 Å². The molecule has 1 aliphatic heterocycles. The van der Waals surface area contributed by atoms with Crippen LogP contribution in [0.25, 0.3) is 0 Å². The van der Waals surface area contributed by atoms with Crippen molar-refractivity contribution in [2.45, 2.75) is 230 Å². The zero-order chi connectivity index (χ0) is 49.2. The average molecular weight is 951 g/mol. The van der Waals surface area contributed by atoms with Crippen LogP contribution >= 0.6 is 0 Å². The SMILES string of the molecule is CC/C=C\C/C=C\C/C=C\C/C=C\C/C=C\CCCCCCCC(=O)OC(COCCCCCCCCCCCCC/C=C\C/C=C\C/C=C\C/C=C\CC)COC1OC(CO)C(O)C(O)C1O. The lowest BCUT2D eigenvalue weighted by Gasteiger charge is -2.39. The molecule has 0 amide bonds. The van der Waals surface area contributed by atoms with E-state index in [0.29, 0.717) is 6.61 Å². The van der Waals surface area contributed by atoms with Crippen LogP contribution in [0.15, 0.2) is 109 Å². The largest absolute Gasteiger partial charge is 0.457 e. The molecule has 4 N–H and O–H groups in total. The minimum atomic E-state index is -1.55. The van der Waals surface area contributed by atoms with E-state index < -0.39 is 43.4 Å². The van der Waals surface area contributed by atoms with E-state index in [4.69, 9.17) is 18.9 Å². The van der Waals surface area contributed by atoms with E-state index >= 15 is 0 Å². The Morgan fingerprint density at radius 2 is 0.853 bits per heavy atom. The van der Waals surface area contributed by atoms with E-state index in [9.17, 15) is 25.2 Å². The molecule has 9 heteroatoms. The number of hydrogen-bond donors (Lipinski definition) is 4. The Bertz CT molecular complexity index is 1410. The summed E-state index contributed by atoms with van der Waals surface area (Å²) in [4.78, 5) is 12.9. The van der Waals surface area contributed by atoms with Crippen LogP contribution in [-0.4, -0.2) is 89.6 Å². The zero-order valence-corrected chi connectivity index (χ0v) is 42.8. The van der Waals surface area contributed by atoms with Gasteiger partial charge < -0.3 is 39.4 Å². The van der Waals surface area contributed by atoms with Gasteiger partial charge >= 0.3 is 5.97 Å². The highest BCUT2D eigenvalue weighted by Crippen LogP contribution is 2.23. The molecule has 9 nitrogen and oxygen atoms in total. The molecule has 0 aromatic heterocycles. The van der Waals surface area contributed by atoms with Crippen molar-refractivity contribution in [2.24, 2.45) is 0 Å². The number of allylic oxidation sites excluding steroid dienone is 18. The van der Waals surface area contributed by atoms with Crippen LogP contribution in [0, 0.1) is 0 Å². The summed E-state index contributed by atoms with van der Waals surface area (Å²) in [6.45, 7) is 4.29. The van der Waals surface area contributed by atoms with Crippen molar-refractivity contribution in [1.82, 2.24) is 0 Å². The quantitative estimate of drug-likeness (QED) is 0.0267. The zero-order valence-electron chi connectivity index (χ0n) is 42.8. The fraction of sp³-hybridized carbons (Fsp3) is 0.678. The molecule has 0 spiro atoms. The minimum Gasteiger partial charge on any atom is -0.457 e. The molecule has 1 fully saturated rings. The molecule has 388 valence electrons. The van der Waals surface area contributed by atoms with Crippen LogP contribution in [0.1, 0.15) is 194 Å². The number of aliphatic hydroxyl groups is 4. The number of unbranched alkanes of at least 4 members (excludes halogenated alkanes) is 16. The second-order valence-corrected chi connectivity index (χ2v) is 17.9. The summed E-state index contributed by atoms with van der Waals surface area (Å²) in [5.74, 6) is -0.336. The number of carbonyl (C=O) groups excluding carboxylic acids is 1. The van der Waals surface area contributed by atoms with Crippen LogP contribution in [0.4, 0.5) is 0 Å². The van der Waals surface area contributed by atoms with Crippen molar-refractivity contribution >= 4 is 5.97 Å². The molecule has 0 aromatic rings.